The predicted octanol–water partition coefficient (Wildman–Crippen LogP) is 4.01. The maximum atomic E-state index is 13.5. The quantitative estimate of drug-likeness (QED) is 0.870. The molecule has 1 atom stereocenters. The van der Waals surface area contributed by atoms with Gasteiger partial charge in [0, 0.05) is 5.02 Å². The summed E-state index contributed by atoms with van der Waals surface area (Å²) < 4.78 is 13.5. The summed E-state index contributed by atoms with van der Waals surface area (Å²) in [6.45, 7) is 3.70. The van der Waals surface area contributed by atoms with Gasteiger partial charge < -0.3 is 5.73 Å². The van der Waals surface area contributed by atoms with Gasteiger partial charge in [-0.25, -0.2) is 4.39 Å². The first-order chi connectivity index (χ1) is 8.39. The van der Waals surface area contributed by atoms with Gasteiger partial charge >= 0.3 is 0 Å². The third kappa shape index (κ3) is 2.55. The van der Waals surface area contributed by atoms with E-state index in [-0.39, 0.29) is 5.82 Å². The molecule has 2 N–H and O–H groups in total. The summed E-state index contributed by atoms with van der Waals surface area (Å²) in [6.07, 6.45) is 0. The van der Waals surface area contributed by atoms with Crippen molar-refractivity contribution in [1.82, 2.24) is 0 Å². The van der Waals surface area contributed by atoms with E-state index in [1.165, 1.54) is 12.1 Å². The Balaban J connectivity index is 2.53. The lowest BCUT2D eigenvalue weighted by atomic mass is 9.85. The summed E-state index contributed by atoms with van der Waals surface area (Å²) in [7, 11) is 0. The lowest BCUT2D eigenvalue weighted by molar-refractivity contribution is 0.580. The highest BCUT2D eigenvalue weighted by Gasteiger charge is 2.24. The summed E-state index contributed by atoms with van der Waals surface area (Å²) in [5.74, 6) is -0.274. The molecule has 1 unspecified atom stereocenters. The summed E-state index contributed by atoms with van der Waals surface area (Å²) in [4.78, 5) is 0. The number of benzene rings is 2. The monoisotopic (exact) mass is 263 g/mol. The fourth-order valence-electron chi connectivity index (χ4n) is 2.01. The van der Waals surface area contributed by atoms with Gasteiger partial charge in [0.2, 0.25) is 0 Å². The van der Waals surface area contributed by atoms with Crippen LogP contribution in [0.3, 0.4) is 0 Å². The minimum atomic E-state index is -0.766. The normalized spacial score (nSPS) is 14.3. The Labute approximate surface area is 111 Å². The molecule has 0 aliphatic heterocycles. The van der Waals surface area contributed by atoms with E-state index in [1.54, 1.807) is 6.07 Å². The molecule has 18 heavy (non-hydrogen) atoms. The van der Waals surface area contributed by atoms with Crippen LogP contribution in [0.5, 0.6) is 0 Å². The van der Waals surface area contributed by atoms with Crippen LogP contribution in [0, 0.1) is 12.7 Å². The van der Waals surface area contributed by atoms with Gasteiger partial charge in [-0.1, -0.05) is 29.8 Å². The Hall–Kier alpha value is -1.38. The van der Waals surface area contributed by atoms with E-state index in [0.717, 1.165) is 16.7 Å². The molecule has 0 aliphatic carbocycles. The fourth-order valence-corrected chi connectivity index (χ4v) is 2.20. The van der Waals surface area contributed by atoms with Gasteiger partial charge in [0.15, 0.2) is 0 Å². The van der Waals surface area contributed by atoms with Gasteiger partial charge in [-0.3, -0.25) is 0 Å². The fraction of sp³-hybridized carbons (Fsp3) is 0.200. The van der Waals surface area contributed by atoms with Gasteiger partial charge in [0.25, 0.3) is 0 Å². The molecular weight excluding hydrogens is 249 g/mol. The molecular formula is C15H15ClFN. The van der Waals surface area contributed by atoms with E-state index in [0.29, 0.717) is 5.02 Å². The molecule has 0 aliphatic rings. The molecule has 0 spiro atoms. The van der Waals surface area contributed by atoms with Crippen LogP contribution in [0.1, 0.15) is 23.6 Å². The Morgan fingerprint density at radius 3 is 2.44 bits per heavy atom. The van der Waals surface area contributed by atoms with Crippen molar-refractivity contribution < 1.29 is 4.39 Å². The van der Waals surface area contributed by atoms with Crippen LogP contribution in [0.25, 0.3) is 0 Å². The minimum absolute atomic E-state index is 0.274. The molecule has 1 nitrogen and oxygen atoms in total. The highest BCUT2D eigenvalue weighted by Crippen LogP contribution is 2.29. The maximum Gasteiger partial charge on any atom is 0.123 e. The second kappa shape index (κ2) is 4.71. The Morgan fingerprint density at radius 2 is 1.83 bits per heavy atom. The van der Waals surface area contributed by atoms with Gasteiger partial charge in [0.1, 0.15) is 5.82 Å². The van der Waals surface area contributed by atoms with Crippen molar-refractivity contribution in [2.75, 3.05) is 0 Å². The van der Waals surface area contributed by atoms with Gasteiger partial charge in [0.05, 0.1) is 5.54 Å². The second-order valence-electron chi connectivity index (χ2n) is 4.73. The van der Waals surface area contributed by atoms with Crippen molar-refractivity contribution in [2.45, 2.75) is 19.4 Å². The van der Waals surface area contributed by atoms with Gasteiger partial charge in [-0.05, 0) is 54.8 Å². The van der Waals surface area contributed by atoms with Crippen molar-refractivity contribution in [1.29, 1.82) is 0 Å². The van der Waals surface area contributed by atoms with Crippen LogP contribution in [0.2, 0.25) is 5.02 Å². The average Bonchev–Trinajstić information content (AvgIpc) is 2.27. The zero-order valence-electron chi connectivity index (χ0n) is 10.4. The smallest absolute Gasteiger partial charge is 0.123 e. The number of nitrogens with two attached hydrogens (primary N) is 1. The highest BCUT2D eigenvalue weighted by molar-refractivity contribution is 6.30. The molecule has 2 rings (SSSR count). The van der Waals surface area contributed by atoms with Crippen molar-refractivity contribution in [2.24, 2.45) is 5.73 Å². The molecule has 0 saturated heterocycles. The number of rotatable bonds is 2. The number of hydrogen-bond donors (Lipinski definition) is 1. The molecule has 0 heterocycles. The Morgan fingerprint density at radius 1 is 1.11 bits per heavy atom. The molecule has 2 aromatic rings. The SMILES string of the molecule is Cc1cc(F)cc(C(C)(N)c2cccc(Cl)c2)c1. The second-order valence-corrected chi connectivity index (χ2v) is 5.17. The average molecular weight is 264 g/mol. The van der Waals surface area contributed by atoms with Gasteiger partial charge in [-0.15, -0.1) is 0 Å². The van der Waals surface area contributed by atoms with E-state index < -0.39 is 5.54 Å². The summed E-state index contributed by atoms with van der Waals surface area (Å²) in [6, 6.07) is 12.2. The number of aryl methyl sites for hydroxylation is 1. The lowest BCUT2D eigenvalue weighted by Gasteiger charge is -2.26. The van der Waals surface area contributed by atoms with Crippen LogP contribution in [-0.2, 0) is 5.54 Å². The zero-order valence-corrected chi connectivity index (χ0v) is 11.1. The topological polar surface area (TPSA) is 26.0 Å². The molecule has 0 amide bonds. The van der Waals surface area contributed by atoms with E-state index in [1.807, 2.05) is 38.1 Å². The minimum Gasteiger partial charge on any atom is -0.318 e. The third-order valence-electron chi connectivity index (χ3n) is 3.07. The first-order valence-corrected chi connectivity index (χ1v) is 6.10. The van der Waals surface area contributed by atoms with Crippen molar-refractivity contribution in [3.8, 4) is 0 Å². The van der Waals surface area contributed by atoms with Crippen LogP contribution in [0.15, 0.2) is 42.5 Å². The largest absolute Gasteiger partial charge is 0.318 e. The molecule has 2 aromatic carbocycles. The van der Waals surface area contributed by atoms with Crippen LogP contribution >= 0.6 is 11.6 Å². The molecule has 94 valence electrons. The first kappa shape index (κ1) is 13.1. The standard InChI is InChI=1S/C15H15ClFN/c1-10-6-12(9-14(17)7-10)15(2,18)11-4-3-5-13(16)8-11/h3-9H,18H2,1-2H3. The summed E-state index contributed by atoms with van der Waals surface area (Å²) in [5, 5.41) is 0.623. The number of halogens is 2. The molecule has 0 fully saturated rings. The third-order valence-corrected chi connectivity index (χ3v) is 3.30. The maximum absolute atomic E-state index is 13.5. The van der Waals surface area contributed by atoms with Crippen molar-refractivity contribution in [3.63, 3.8) is 0 Å². The Kier molecular flexibility index (Phi) is 3.42. The van der Waals surface area contributed by atoms with Crippen LogP contribution in [-0.4, -0.2) is 0 Å². The van der Waals surface area contributed by atoms with Gasteiger partial charge in [-0.2, -0.15) is 0 Å². The molecule has 0 bridgehead atoms. The van der Waals surface area contributed by atoms with Crippen LogP contribution in [0.4, 0.5) is 4.39 Å². The van der Waals surface area contributed by atoms with E-state index in [9.17, 15) is 4.39 Å². The van der Waals surface area contributed by atoms with E-state index in [4.69, 9.17) is 17.3 Å². The molecule has 0 radical (unpaired) electrons. The zero-order chi connectivity index (χ0) is 13.3. The molecule has 0 aromatic heterocycles. The summed E-state index contributed by atoms with van der Waals surface area (Å²) in [5.41, 5.74) is 8.02. The predicted molar refractivity (Wildman–Crippen MR) is 73.2 cm³/mol. The molecule has 3 heteroatoms. The van der Waals surface area contributed by atoms with E-state index in [2.05, 4.69) is 0 Å². The summed E-state index contributed by atoms with van der Waals surface area (Å²) >= 11 is 5.97. The molecule has 0 saturated carbocycles. The van der Waals surface area contributed by atoms with Crippen molar-refractivity contribution in [3.05, 3.63) is 70.0 Å². The first-order valence-electron chi connectivity index (χ1n) is 5.72. The van der Waals surface area contributed by atoms with E-state index >= 15 is 0 Å². The van der Waals surface area contributed by atoms with Crippen molar-refractivity contribution >= 4 is 11.6 Å². The Bertz CT molecular complexity index is 558. The highest BCUT2D eigenvalue weighted by atomic mass is 35.5. The lowest BCUT2D eigenvalue weighted by Crippen LogP contribution is -2.34. The van der Waals surface area contributed by atoms with Crippen LogP contribution < -0.4 is 5.73 Å². The number of hydrogen-bond acceptors (Lipinski definition) is 1.